The Balaban J connectivity index is 1.06. The van der Waals surface area contributed by atoms with Crippen LogP contribution in [-0.4, -0.2) is 19.1 Å². The maximum atomic E-state index is 5.25. The molecule has 12 rings (SSSR count). The molecule has 270 valence electrons. The summed E-state index contributed by atoms with van der Waals surface area (Å²) in [4.78, 5) is 10.4. The maximum Gasteiger partial charge on any atom is 0.160 e. The Morgan fingerprint density at radius 3 is 1.57 bits per heavy atom. The molecule has 0 unspecified atom stereocenters. The zero-order valence-corrected chi connectivity index (χ0v) is 31.4. The lowest BCUT2D eigenvalue weighted by Gasteiger charge is -2.13. The highest BCUT2D eigenvalue weighted by molar-refractivity contribution is 6.26. The molecule has 0 aliphatic carbocycles. The first-order valence-corrected chi connectivity index (χ1v) is 19.7. The third-order valence-electron chi connectivity index (χ3n) is 11.7. The van der Waals surface area contributed by atoms with Crippen molar-refractivity contribution in [3.8, 4) is 45.3 Å². The summed E-state index contributed by atoms with van der Waals surface area (Å²) in [6.07, 6.45) is 0. The van der Waals surface area contributed by atoms with Crippen LogP contribution in [0.3, 0.4) is 0 Å². The molecule has 4 nitrogen and oxygen atoms in total. The third-order valence-corrected chi connectivity index (χ3v) is 11.7. The normalized spacial score (nSPS) is 11.8. The van der Waals surface area contributed by atoms with Crippen molar-refractivity contribution in [3.63, 3.8) is 0 Å². The van der Waals surface area contributed by atoms with E-state index in [9.17, 15) is 0 Å². The van der Waals surface area contributed by atoms with Gasteiger partial charge in [-0.25, -0.2) is 9.97 Å². The van der Waals surface area contributed by atoms with E-state index in [4.69, 9.17) is 9.97 Å². The molecule has 58 heavy (non-hydrogen) atoms. The van der Waals surface area contributed by atoms with Crippen LogP contribution in [0.5, 0.6) is 0 Å². The predicted octanol–water partition coefficient (Wildman–Crippen LogP) is 14.0. The summed E-state index contributed by atoms with van der Waals surface area (Å²) in [5, 5.41) is 9.69. The van der Waals surface area contributed by atoms with E-state index in [1.54, 1.807) is 0 Å². The number of aromatic nitrogens is 4. The van der Waals surface area contributed by atoms with E-state index in [0.717, 1.165) is 44.8 Å². The fourth-order valence-electron chi connectivity index (χ4n) is 8.96. The molecule has 0 fully saturated rings. The maximum absolute atomic E-state index is 5.25. The van der Waals surface area contributed by atoms with Crippen molar-refractivity contribution in [2.75, 3.05) is 0 Å². The van der Waals surface area contributed by atoms with Gasteiger partial charge in [-0.05, 0) is 82.2 Å². The van der Waals surface area contributed by atoms with Gasteiger partial charge in [-0.1, -0.05) is 146 Å². The van der Waals surface area contributed by atoms with Crippen LogP contribution in [0.15, 0.2) is 206 Å². The first kappa shape index (κ1) is 32.4. The van der Waals surface area contributed by atoms with E-state index < -0.39 is 0 Å². The van der Waals surface area contributed by atoms with E-state index in [1.165, 1.54) is 59.8 Å². The minimum atomic E-state index is 0.704. The number of para-hydroxylation sites is 3. The number of hydrogen-bond donors (Lipinski definition) is 0. The second-order valence-corrected chi connectivity index (χ2v) is 15.0. The van der Waals surface area contributed by atoms with Crippen LogP contribution >= 0.6 is 0 Å². The highest BCUT2D eigenvalue weighted by atomic mass is 15.0. The van der Waals surface area contributed by atoms with Crippen LogP contribution in [0.4, 0.5) is 0 Å². The summed E-state index contributed by atoms with van der Waals surface area (Å²) in [5.41, 5.74) is 11.8. The molecule has 9 aromatic carbocycles. The second kappa shape index (κ2) is 12.9. The van der Waals surface area contributed by atoms with Gasteiger partial charge in [-0.3, -0.25) is 0 Å². The smallest absolute Gasteiger partial charge is 0.160 e. The Labute approximate surface area is 334 Å². The number of hydrogen-bond acceptors (Lipinski definition) is 2. The molecule has 0 bridgehead atoms. The number of fused-ring (bicyclic) bond motifs is 9. The summed E-state index contributed by atoms with van der Waals surface area (Å²) in [6.45, 7) is 0. The van der Waals surface area contributed by atoms with E-state index >= 15 is 0 Å². The molecule has 0 amide bonds. The topological polar surface area (TPSA) is 35.6 Å². The number of rotatable bonds is 5. The molecule has 12 aromatic rings. The van der Waals surface area contributed by atoms with Crippen LogP contribution in [0.2, 0.25) is 0 Å². The van der Waals surface area contributed by atoms with Crippen LogP contribution in [-0.2, 0) is 0 Å². The lowest BCUT2D eigenvalue weighted by atomic mass is 10.0. The molecule has 3 aromatic heterocycles. The third kappa shape index (κ3) is 5.09. The average Bonchev–Trinajstić information content (AvgIpc) is 3.82. The van der Waals surface area contributed by atoms with Crippen LogP contribution < -0.4 is 0 Å². The van der Waals surface area contributed by atoms with Crippen molar-refractivity contribution in [1.29, 1.82) is 0 Å². The van der Waals surface area contributed by atoms with E-state index in [2.05, 4.69) is 215 Å². The Morgan fingerprint density at radius 2 is 0.845 bits per heavy atom. The van der Waals surface area contributed by atoms with Crippen molar-refractivity contribution in [2.24, 2.45) is 0 Å². The Kier molecular flexibility index (Phi) is 7.20. The molecule has 0 aliphatic rings. The van der Waals surface area contributed by atoms with Gasteiger partial charge in [0, 0.05) is 49.6 Å². The van der Waals surface area contributed by atoms with Gasteiger partial charge in [0.1, 0.15) is 0 Å². The molecule has 0 radical (unpaired) electrons. The summed E-state index contributed by atoms with van der Waals surface area (Å²) in [6, 6.07) is 73.8. The molecule has 4 heteroatoms. The fourth-order valence-corrected chi connectivity index (χ4v) is 8.96. The SMILES string of the molecule is c1ccc(-n2c3ccccc3c3c2ccc2c4ccccc4n(-c4ccc(-c5cc(-c6ccc7ccccc7c6)nc(-c6ccc7ccccc7c6)n5)cc4)c23)cc1. The molecule has 0 spiro atoms. The first-order valence-electron chi connectivity index (χ1n) is 19.7. The van der Waals surface area contributed by atoms with Crippen molar-refractivity contribution in [2.45, 2.75) is 0 Å². The van der Waals surface area contributed by atoms with Gasteiger partial charge in [0.05, 0.1) is 33.5 Å². The highest BCUT2D eigenvalue weighted by Crippen LogP contribution is 2.42. The molecule has 0 atom stereocenters. The predicted molar refractivity (Wildman–Crippen MR) is 242 cm³/mol. The minimum absolute atomic E-state index is 0.704. The molecule has 0 saturated heterocycles. The largest absolute Gasteiger partial charge is 0.309 e. The Morgan fingerprint density at radius 1 is 0.310 bits per heavy atom. The summed E-state index contributed by atoms with van der Waals surface area (Å²) < 4.78 is 4.84. The summed E-state index contributed by atoms with van der Waals surface area (Å²) >= 11 is 0. The van der Waals surface area contributed by atoms with E-state index in [1.807, 2.05) is 0 Å². The van der Waals surface area contributed by atoms with E-state index in [0.29, 0.717) is 5.82 Å². The minimum Gasteiger partial charge on any atom is -0.309 e. The van der Waals surface area contributed by atoms with Crippen molar-refractivity contribution in [3.05, 3.63) is 206 Å². The van der Waals surface area contributed by atoms with Crippen LogP contribution in [0, 0.1) is 0 Å². The quantitative estimate of drug-likeness (QED) is 0.176. The van der Waals surface area contributed by atoms with Gasteiger partial charge < -0.3 is 9.13 Å². The summed E-state index contributed by atoms with van der Waals surface area (Å²) in [7, 11) is 0. The lowest BCUT2D eigenvalue weighted by molar-refractivity contribution is 1.17. The van der Waals surface area contributed by atoms with Crippen molar-refractivity contribution in [1.82, 2.24) is 19.1 Å². The molecule has 0 N–H and O–H groups in total. The Hall–Kier alpha value is -7.82. The Bertz CT molecular complexity index is 3460. The van der Waals surface area contributed by atoms with Gasteiger partial charge in [0.2, 0.25) is 0 Å². The zero-order valence-electron chi connectivity index (χ0n) is 31.4. The fraction of sp³-hybridized carbons (Fsp3) is 0. The lowest BCUT2D eigenvalue weighted by Crippen LogP contribution is -1.97. The number of benzene rings is 9. The standard InChI is InChI=1S/C54H34N4/c1-2-16-42(17-3-1)57-50-21-11-9-19-46(50)52-51(57)31-30-45-44-18-8-10-20-49(44)58(53(45)52)43-28-26-37(27-29-43)47-34-48(40-24-22-35-12-4-6-14-38(35)32-40)56-54(55-47)41-25-23-36-13-5-7-15-39(36)33-41/h1-34H. The van der Waals surface area contributed by atoms with Crippen molar-refractivity contribution < 1.29 is 0 Å². The first-order chi connectivity index (χ1) is 28.7. The van der Waals surface area contributed by atoms with Gasteiger partial charge in [-0.2, -0.15) is 0 Å². The average molecular weight is 739 g/mol. The molecule has 0 saturated carbocycles. The van der Waals surface area contributed by atoms with Gasteiger partial charge in [0.25, 0.3) is 0 Å². The second-order valence-electron chi connectivity index (χ2n) is 15.0. The van der Waals surface area contributed by atoms with Crippen molar-refractivity contribution >= 4 is 65.2 Å². The van der Waals surface area contributed by atoms with Gasteiger partial charge in [-0.15, -0.1) is 0 Å². The molecular weight excluding hydrogens is 705 g/mol. The number of nitrogens with zero attached hydrogens (tertiary/aromatic N) is 4. The molecule has 0 aliphatic heterocycles. The molecule has 3 heterocycles. The van der Waals surface area contributed by atoms with Gasteiger partial charge in [0.15, 0.2) is 5.82 Å². The zero-order chi connectivity index (χ0) is 38.2. The monoisotopic (exact) mass is 738 g/mol. The van der Waals surface area contributed by atoms with Crippen LogP contribution in [0.1, 0.15) is 0 Å². The van der Waals surface area contributed by atoms with Gasteiger partial charge >= 0.3 is 0 Å². The highest BCUT2D eigenvalue weighted by Gasteiger charge is 2.21. The summed E-state index contributed by atoms with van der Waals surface area (Å²) in [5.74, 6) is 0.704. The van der Waals surface area contributed by atoms with E-state index in [-0.39, 0.29) is 0 Å². The van der Waals surface area contributed by atoms with Crippen LogP contribution in [0.25, 0.3) is 110 Å². The molecular formula is C54H34N4.